The van der Waals surface area contributed by atoms with Crippen molar-refractivity contribution in [2.24, 2.45) is 0 Å². The number of hydrogen-bond donors (Lipinski definition) is 1. The van der Waals surface area contributed by atoms with Gasteiger partial charge in [-0.1, -0.05) is 35.9 Å². The van der Waals surface area contributed by atoms with Crippen molar-refractivity contribution in [1.82, 2.24) is 4.98 Å². The Labute approximate surface area is 135 Å². The summed E-state index contributed by atoms with van der Waals surface area (Å²) >= 11 is 0. The molecule has 0 bridgehead atoms. The van der Waals surface area contributed by atoms with Crippen molar-refractivity contribution in [1.29, 1.82) is 0 Å². The third-order valence-corrected chi connectivity index (χ3v) is 3.84. The van der Waals surface area contributed by atoms with Crippen molar-refractivity contribution >= 4 is 5.76 Å². The van der Waals surface area contributed by atoms with Gasteiger partial charge in [0.25, 0.3) is 0 Å². The van der Waals surface area contributed by atoms with Crippen molar-refractivity contribution in [3.63, 3.8) is 0 Å². The van der Waals surface area contributed by atoms with Gasteiger partial charge in [-0.05, 0) is 44.5 Å². The highest BCUT2D eigenvalue weighted by atomic mass is 16.3. The molecule has 116 valence electrons. The Balaban J connectivity index is 1.99. The summed E-state index contributed by atoms with van der Waals surface area (Å²) in [6, 6.07) is 13.8. The summed E-state index contributed by atoms with van der Waals surface area (Å²) in [6.45, 7) is 5.94. The average Bonchev–Trinajstić information content (AvgIpc) is 3.04. The van der Waals surface area contributed by atoms with Crippen LogP contribution in [-0.2, 0) is 0 Å². The average molecular weight is 305 g/mol. The smallest absolute Gasteiger partial charge is 0.226 e. The summed E-state index contributed by atoms with van der Waals surface area (Å²) in [5.41, 5.74) is 5.87. The Bertz CT molecular complexity index is 875. The second-order valence-corrected chi connectivity index (χ2v) is 5.61. The first-order valence-electron chi connectivity index (χ1n) is 7.57. The molecule has 0 fully saturated rings. The van der Waals surface area contributed by atoms with E-state index in [-0.39, 0.29) is 5.76 Å². The maximum absolute atomic E-state index is 9.86. The van der Waals surface area contributed by atoms with E-state index in [1.165, 1.54) is 11.1 Å². The normalized spacial score (nSPS) is 11.7. The summed E-state index contributed by atoms with van der Waals surface area (Å²) in [5.74, 6) is 0.790. The van der Waals surface area contributed by atoms with Crippen molar-refractivity contribution in [2.45, 2.75) is 20.8 Å². The third kappa shape index (κ3) is 3.04. The zero-order chi connectivity index (χ0) is 16.4. The van der Waals surface area contributed by atoms with Gasteiger partial charge in [-0.2, -0.15) is 0 Å². The van der Waals surface area contributed by atoms with Gasteiger partial charge in [-0.15, -0.1) is 0 Å². The summed E-state index contributed by atoms with van der Waals surface area (Å²) in [7, 11) is 0. The largest absolute Gasteiger partial charge is 0.508 e. The van der Waals surface area contributed by atoms with Gasteiger partial charge in [-0.3, -0.25) is 0 Å². The number of aliphatic hydroxyl groups is 1. The molecule has 23 heavy (non-hydrogen) atoms. The Kier molecular flexibility index (Phi) is 4.02. The molecule has 1 aromatic heterocycles. The maximum Gasteiger partial charge on any atom is 0.226 e. The fourth-order valence-corrected chi connectivity index (χ4v) is 2.61. The third-order valence-electron chi connectivity index (χ3n) is 3.84. The first-order chi connectivity index (χ1) is 11.1. The lowest BCUT2D eigenvalue weighted by Crippen LogP contribution is -1.86. The van der Waals surface area contributed by atoms with Gasteiger partial charge in [0.2, 0.25) is 5.89 Å². The van der Waals surface area contributed by atoms with E-state index in [4.69, 9.17) is 4.42 Å². The van der Waals surface area contributed by atoms with Crippen molar-refractivity contribution in [2.75, 3.05) is 0 Å². The predicted molar refractivity (Wildman–Crippen MR) is 93.1 cm³/mol. The summed E-state index contributed by atoms with van der Waals surface area (Å²) in [6.07, 6.45) is 3.34. The van der Waals surface area contributed by atoms with Crippen LogP contribution in [0.15, 0.2) is 59.2 Å². The lowest BCUT2D eigenvalue weighted by molar-refractivity contribution is 0.511. The highest BCUT2D eigenvalue weighted by molar-refractivity contribution is 5.68. The fourth-order valence-electron chi connectivity index (χ4n) is 2.61. The molecule has 3 nitrogen and oxygen atoms in total. The Morgan fingerprint density at radius 3 is 2.70 bits per heavy atom. The lowest BCUT2D eigenvalue weighted by Gasteiger charge is -2.03. The van der Waals surface area contributed by atoms with E-state index in [0.717, 1.165) is 22.4 Å². The minimum absolute atomic E-state index is 0.244. The maximum atomic E-state index is 9.86. The van der Waals surface area contributed by atoms with Crippen LogP contribution in [0, 0.1) is 13.8 Å². The van der Waals surface area contributed by atoms with Crippen molar-refractivity contribution in [3.8, 4) is 22.7 Å². The molecule has 3 heteroatoms. The summed E-state index contributed by atoms with van der Waals surface area (Å²) in [5, 5.41) is 9.86. The highest BCUT2D eigenvalue weighted by Crippen LogP contribution is 2.28. The molecule has 0 saturated carbocycles. The van der Waals surface area contributed by atoms with E-state index in [0.29, 0.717) is 5.89 Å². The number of nitrogens with zero attached hydrogens (tertiary/aromatic N) is 1. The van der Waals surface area contributed by atoms with Gasteiger partial charge in [0.1, 0.15) is 17.7 Å². The molecule has 0 atom stereocenters. The predicted octanol–water partition coefficient (Wildman–Crippen LogP) is 5.54. The van der Waals surface area contributed by atoms with Crippen molar-refractivity contribution in [3.05, 3.63) is 71.5 Å². The second-order valence-electron chi connectivity index (χ2n) is 5.61. The Hall–Kier alpha value is -2.81. The molecule has 0 saturated heterocycles. The number of aryl methyl sites for hydroxylation is 2. The molecule has 1 heterocycles. The van der Waals surface area contributed by atoms with Crippen LogP contribution in [0.5, 0.6) is 0 Å². The molecule has 0 aliphatic carbocycles. The van der Waals surface area contributed by atoms with Crippen LogP contribution in [0.2, 0.25) is 0 Å². The zero-order valence-corrected chi connectivity index (χ0v) is 13.5. The zero-order valence-electron chi connectivity index (χ0n) is 13.5. The van der Waals surface area contributed by atoms with Crippen LogP contribution < -0.4 is 0 Å². The van der Waals surface area contributed by atoms with Crippen LogP contribution in [-0.4, -0.2) is 10.1 Å². The SMILES string of the molecule is C/C=C(\O)c1cccc(-c2nc(-c3ccc(C)cc3C)co2)c1. The molecule has 3 aromatic rings. The Morgan fingerprint density at radius 2 is 1.96 bits per heavy atom. The number of aromatic nitrogens is 1. The number of benzene rings is 2. The molecular weight excluding hydrogens is 286 g/mol. The van der Waals surface area contributed by atoms with E-state index in [1.807, 2.05) is 24.3 Å². The molecule has 3 rings (SSSR count). The number of rotatable bonds is 3. The minimum atomic E-state index is 0.244. The first-order valence-corrected chi connectivity index (χ1v) is 7.57. The van der Waals surface area contributed by atoms with E-state index in [2.05, 4.69) is 37.0 Å². The van der Waals surface area contributed by atoms with Gasteiger partial charge in [0, 0.05) is 16.7 Å². The van der Waals surface area contributed by atoms with E-state index in [9.17, 15) is 5.11 Å². The van der Waals surface area contributed by atoms with Crippen LogP contribution in [0.1, 0.15) is 23.6 Å². The van der Waals surface area contributed by atoms with Gasteiger partial charge >= 0.3 is 0 Å². The fraction of sp³-hybridized carbons (Fsp3) is 0.150. The van der Waals surface area contributed by atoms with Gasteiger partial charge in [0.05, 0.1) is 0 Å². The molecule has 0 unspecified atom stereocenters. The molecule has 1 N–H and O–H groups in total. The van der Waals surface area contributed by atoms with Gasteiger partial charge < -0.3 is 9.52 Å². The molecule has 2 aromatic carbocycles. The summed E-state index contributed by atoms with van der Waals surface area (Å²) in [4.78, 5) is 4.60. The molecule has 0 radical (unpaired) electrons. The molecule has 0 aliphatic rings. The standard InChI is InChI=1S/C20H19NO2/c1-4-19(22)15-6-5-7-16(11-15)20-21-18(12-23-20)17-9-8-13(2)10-14(17)3/h4-12,22H,1-3H3/b19-4-. The number of oxazole rings is 1. The summed E-state index contributed by atoms with van der Waals surface area (Å²) < 4.78 is 5.65. The van der Waals surface area contributed by atoms with Crippen LogP contribution in [0.3, 0.4) is 0 Å². The van der Waals surface area contributed by atoms with Crippen molar-refractivity contribution < 1.29 is 9.52 Å². The lowest BCUT2D eigenvalue weighted by atomic mass is 10.0. The van der Waals surface area contributed by atoms with Crippen LogP contribution in [0.4, 0.5) is 0 Å². The monoisotopic (exact) mass is 305 g/mol. The number of aliphatic hydroxyl groups excluding tert-OH is 1. The second kappa shape index (κ2) is 6.13. The van der Waals surface area contributed by atoms with Crippen LogP contribution in [0.25, 0.3) is 28.5 Å². The van der Waals surface area contributed by atoms with E-state index < -0.39 is 0 Å². The first kappa shape index (κ1) is 15.1. The quantitative estimate of drug-likeness (QED) is 0.646. The molecule has 0 spiro atoms. The van der Waals surface area contributed by atoms with E-state index >= 15 is 0 Å². The minimum Gasteiger partial charge on any atom is -0.508 e. The van der Waals surface area contributed by atoms with E-state index in [1.54, 1.807) is 19.3 Å². The number of hydrogen-bond acceptors (Lipinski definition) is 3. The number of allylic oxidation sites excluding steroid dienone is 1. The highest BCUT2D eigenvalue weighted by Gasteiger charge is 2.11. The molecule has 0 amide bonds. The topological polar surface area (TPSA) is 46.3 Å². The molecular formula is C20H19NO2. The Morgan fingerprint density at radius 1 is 1.13 bits per heavy atom. The van der Waals surface area contributed by atoms with Gasteiger partial charge in [-0.25, -0.2) is 4.98 Å². The van der Waals surface area contributed by atoms with Gasteiger partial charge in [0.15, 0.2) is 0 Å². The van der Waals surface area contributed by atoms with Crippen LogP contribution >= 0.6 is 0 Å². The molecule has 0 aliphatic heterocycles.